The van der Waals surface area contributed by atoms with Gasteiger partial charge in [-0.2, -0.15) is 0 Å². The first-order chi connectivity index (χ1) is 17.0. The van der Waals surface area contributed by atoms with E-state index in [4.69, 9.17) is 0 Å². The average Bonchev–Trinajstić information content (AvgIpc) is 3.59. The highest BCUT2D eigenvalue weighted by atomic mass is 16.2. The Balaban J connectivity index is 1.17. The minimum atomic E-state index is 0.0619. The van der Waals surface area contributed by atoms with Gasteiger partial charge in [0, 0.05) is 44.2 Å². The predicted octanol–water partition coefficient (Wildman–Crippen LogP) is 4.75. The van der Waals surface area contributed by atoms with E-state index >= 15 is 0 Å². The first-order valence-corrected chi connectivity index (χ1v) is 13.4. The van der Waals surface area contributed by atoms with E-state index in [0.29, 0.717) is 11.8 Å². The van der Waals surface area contributed by atoms with Crippen LogP contribution in [0.5, 0.6) is 0 Å². The van der Waals surface area contributed by atoms with Gasteiger partial charge in [-0.15, -0.1) is 0 Å². The molecule has 3 atom stereocenters. The van der Waals surface area contributed by atoms with Gasteiger partial charge in [0.25, 0.3) is 5.91 Å². The van der Waals surface area contributed by atoms with E-state index in [1.54, 1.807) is 0 Å². The Bertz CT molecular complexity index is 1010. The minimum Gasteiger partial charge on any atom is -0.349 e. The van der Waals surface area contributed by atoms with Gasteiger partial charge in [0.1, 0.15) is 0 Å². The zero-order valence-corrected chi connectivity index (χ0v) is 21.2. The van der Waals surface area contributed by atoms with Crippen LogP contribution >= 0.6 is 0 Å². The van der Waals surface area contributed by atoms with Crippen LogP contribution in [0.2, 0.25) is 0 Å². The van der Waals surface area contributed by atoms with Crippen molar-refractivity contribution in [1.29, 1.82) is 0 Å². The summed E-state index contributed by atoms with van der Waals surface area (Å²) in [6, 6.07) is 16.6. The summed E-state index contributed by atoms with van der Waals surface area (Å²) < 4.78 is 0. The van der Waals surface area contributed by atoms with Gasteiger partial charge in [-0.3, -0.25) is 9.59 Å². The molecule has 3 aliphatic rings. The quantitative estimate of drug-likeness (QED) is 0.632. The monoisotopic (exact) mass is 473 g/mol. The van der Waals surface area contributed by atoms with Gasteiger partial charge in [-0.25, -0.2) is 0 Å². The lowest BCUT2D eigenvalue weighted by molar-refractivity contribution is -0.125. The van der Waals surface area contributed by atoms with E-state index in [-0.39, 0.29) is 23.8 Å². The smallest absolute Gasteiger partial charge is 0.254 e. The van der Waals surface area contributed by atoms with E-state index in [1.165, 1.54) is 18.4 Å². The summed E-state index contributed by atoms with van der Waals surface area (Å²) in [5.74, 6) is 1.71. The van der Waals surface area contributed by atoms with Crippen LogP contribution in [0.3, 0.4) is 0 Å². The number of amides is 2. The zero-order chi connectivity index (χ0) is 24.4. The molecule has 3 fully saturated rings. The molecule has 2 heterocycles. The number of rotatable bonds is 7. The van der Waals surface area contributed by atoms with Crippen LogP contribution < -0.4 is 5.32 Å². The summed E-state index contributed by atoms with van der Waals surface area (Å²) in [6.07, 6.45) is 5.33. The fraction of sp³-hybridized carbons (Fsp3) is 0.533. The number of nitrogens with zero attached hydrogens (tertiary/aromatic N) is 2. The van der Waals surface area contributed by atoms with Crippen LogP contribution in [0, 0.1) is 31.6 Å². The molecule has 2 aromatic carbocycles. The fourth-order valence-electron chi connectivity index (χ4n) is 6.55. The second-order valence-corrected chi connectivity index (χ2v) is 11.0. The Morgan fingerprint density at radius 1 is 0.886 bits per heavy atom. The largest absolute Gasteiger partial charge is 0.349 e. The molecule has 0 bridgehead atoms. The van der Waals surface area contributed by atoms with Gasteiger partial charge < -0.3 is 15.1 Å². The molecule has 1 N–H and O–H groups in total. The Labute approximate surface area is 209 Å². The summed E-state index contributed by atoms with van der Waals surface area (Å²) in [5, 5.41) is 3.38. The molecule has 1 saturated carbocycles. The number of hydrogen-bond acceptors (Lipinski definition) is 3. The molecule has 5 nitrogen and oxygen atoms in total. The number of aryl methyl sites for hydroxylation is 2. The van der Waals surface area contributed by atoms with Gasteiger partial charge in [0.2, 0.25) is 5.91 Å². The molecule has 2 amide bonds. The molecule has 0 radical (unpaired) electrons. The number of nitrogens with one attached hydrogen (secondary N) is 1. The molecule has 5 rings (SSSR count). The van der Waals surface area contributed by atoms with Gasteiger partial charge in [-0.1, -0.05) is 61.4 Å². The van der Waals surface area contributed by atoms with Crippen molar-refractivity contribution in [3.05, 3.63) is 70.8 Å². The first-order valence-electron chi connectivity index (χ1n) is 13.4. The van der Waals surface area contributed by atoms with Crippen molar-refractivity contribution < 1.29 is 9.59 Å². The topological polar surface area (TPSA) is 52.7 Å². The molecular formula is C30H39N3O2. The maximum absolute atomic E-state index is 13.3. The lowest BCUT2D eigenvalue weighted by atomic mass is 10.0. The standard InChI is InChI=1S/C30H39N3O2/c1-21-9-8-10-22(2)28(21)30(35)33-19-25-17-32(18-26(25)20-33)16-15-27(23-11-4-3-5-12-23)31-29(34)24-13-6-7-14-24/h3-5,8-12,24-27H,6-7,13-20H2,1-2H3,(H,31,34)/t25-,26?,27?/m0/s1. The summed E-state index contributed by atoms with van der Waals surface area (Å²) in [7, 11) is 0. The maximum Gasteiger partial charge on any atom is 0.254 e. The second kappa shape index (κ2) is 10.5. The van der Waals surface area contributed by atoms with E-state index in [1.807, 2.05) is 38.1 Å². The highest BCUT2D eigenvalue weighted by Gasteiger charge is 2.42. The third-order valence-corrected chi connectivity index (χ3v) is 8.52. The first kappa shape index (κ1) is 24.1. The lowest BCUT2D eigenvalue weighted by Crippen LogP contribution is -2.37. The van der Waals surface area contributed by atoms with E-state index in [2.05, 4.69) is 39.4 Å². The van der Waals surface area contributed by atoms with Crippen molar-refractivity contribution in [2.45, 2.75) is 52.0 Å². The Morgan fingerprint density at radius 2 is 1.51 bits per heavy atom. The van der Waals surface area contributed by atoms with E-state index < -0.39 is 0 Å². The predicted molar refractivity (Wildman–Crippen MR) is 139 cm³/mol. The highest BCUT2D eigenvalue weighted by molar-refractivity contribution is 5.97. The van der Waals surface area contributed by atoms with Gasteiger partial charge >= 0.3 is 0 Å². The van der Waals surface area contributed by atoms with Crippen LogP contribution in [-0.4, -0.2) is 54.3 Å². The molecule has 186 valence electrons. The Hall–Kier alpha value is -2.66. The van der Waals surface area contributed by atoms with Crippen LogP contribution in [-0.2, 0) is 4.79 Å². The fourth-order valence-corrected chi connectivity index (χ4v) is 6.55. The molecule has 0 aromatic heterocycles. The molecular weight excluding hydrogens is 434 g/mol. The summed E-state index contributed by atoms with van der Waals surface area (Å²) >= 11 is 0. The zero-order valence-electron chi connectivity index (χ0n) is 21.2. The minimum absolute atomic E-state index is 0.0619. The molecule has 5 heteroatoms. The van der Waals surface area contributed by atoms with Crippen molar-refractivity contribution in [1.82, 2.24) is 15.1 Å². The number of carbonyl (C=O) groups excluding carboxylic acids is 2. The Kier molecular flexibility index (Phi) is 7.24. The molecule has 1 aliphatic carbocycles. The Morgan fingerprint density at radius 3 is 2.14 bits per heavy atom. The van der Waals surface area contributed by atoms with Gasteiger partial charge in [0.15, 0.2) is 0 Å². The van der Waals surface area contributed by atoms with Crippen molar-refractivity contribution >= 4 is 11.8 Å². The van der Waals surface area contributed by atoms with Crippen LogP contribution in [0.25, 0.3) is 0 Å². The molecule has 35 heavy (non-hydrogen) atoms. The van der Waals surface area contributed by atoms with Gasteiger partial charge in [-0.05, 0) is 61.6 Å². The van der Waals surface area contributed by atoms with Crippen molar-refractivity contribution in [2.24, 2.45) is 17.8 Å². The number of benzene rings is 2. The van der Waals surface area contributed by atoms with Crippen molar-refractivity contribution in [3.63, 3.8) is 0 Å². The SMILES string of the molecule is Cc1cccc(C)c1C(=O)N1CC2CN(CCC(NC(=O)C3CCCC3)c3ccccc3)C[C@H]2C1. The average molecular weight is 474 g/mol. The molecule has 2 aromatic rings. The normalized spacial score (nSPS) is 23.4. The van der Waals surface area contributed by atoms with Crippen LogP contribution in [0.15, 0.2) is 48.5 Å². The number of carbonyl (C=O) groups is 2. The third kappa shape index (κ3) is 5.30. The third-order valence-electron chi connectivity index (χ3n) is 8.52. The summed E-state index contributed by atoms with van der Waals surface area (Å²) in [5.41, 5.74) is 4.22. The van der Waals surface area contributed by atoms with E-state index in [0.717, 1.165) is 68.7 Å². The number of likely N-dealkylation sites (tertiary alicyclic amines) is 2. The van der Waals surface area contributed by atoms with Crippen LogP contribution in [0.4, 0.5) is 0 Å². The summed E-state index contributed by atoms with van der Waals surface area (Å²) in [6.45, 7) is 8.84. The molecule has 0 spiro atoms. The molecule has 2 unspecified atom stereocenters. The number of hydrogen-bond donors (Lipinski definition) is 1. The molecule has 2 aliphatic heterocycles. The lowest BCUT2D eigenvalue weighted by Gasteiger charge is -2.26. The van der Waals surface area contributed by atoms with Gasteiger partial charge in [0.05, 0.1) is 6.04 Å². The van der Waals surface area contributed by atoms with Crippen molar-refractivity contribution in [3.8, 4) is 0 Å². The van der Waals surface area contributed by atoms with Crippen molar-refractivity contribution in [2.75, 3.05) is 32.7 Å². The molecule has 2 saturated heterocycles. The van der Waals surface area contributed by atoms with Crippen LogP contribution in [0.1, 0.15) is 65.2 Å². The number of fused-ring (bicyclic) bond motifs is 1. The van der Waals surface area contributed by atoms with E-state index in [9.17, 15) is 9.59 Å². The summed E-state index contributed by atoms with van der Waals surface area (Å²) in [4.78, 5) is 30.8. The second-order valence-electron chi connectivity index (χ2n) is 11.0. The maximum atomic E-state index is 13.3. The highest BCUT2D eigenvalue weighted by Crippen LogP contribution is 2.33.